The van der Waals surface area contributed by atoms with Gasteiger partial charge in [-0.15, -0.1) is 0 Å². The Kier molecular flexibility index (Phi) is 3.96. The molecule has 19 heavy (non-hydrogen) atoms. The van der Waals surface area contributed by atoms with Gasteiger partial charge in [0.15, 0.2) is 6.04 Å². The van der Waals surface area contributed by atoms with Crippen LogP contribution in [0.4, 0.5) is 5.69 Å². The van der Waals surface area contributed by atoms with Crippen LogP contribution in [0.25, 0.3) is 0 Å². The second-order valence-electron chi connectivity index (χ2n) is 4.07. The number of aromatic nitrogens is 1. The summed E-state index contributed by atoms with van der Waals surface area (Å²) in [6.45, 7) is 1.28. The molecule has 1 aromatic heterocycles. The number of primary amides is 1. The Balaban J connectivity index is 2.29. The lowest BCUT2D eigenvalue weighted by Gasteiger charge is -2.35. The molecule has 1 fully saturated rings. The van der Waals surface area contributed by atoms with Gasteiger partial charge in [0.25, 0.3) is 5.91 Å². The smallest absolute Gasteiger partial charge is 0.330 e. The quantitative estimate of drug-likeness (QED) is 0.744. The van der Waals surface area contributed by atoms with Crippen LogP contribution >= 0.6 is 0 Å². The van der Waals surface area contributed by atoms with Gasteiger partial charge in [-0.25, -0.2) is 4.79 Å². The number of hydrogen-bond acceptors (Lipinski definition) is 6. The summed E-state index contributed by atoms with van der Waals surface area (Å²) in [5, 5.41) is 0. The van der Waals surface area contributed by atoms with Gasteiger partial charge in [0.05, 0.1) is 20.3 Å². The number of anilines is 1. The molecule has 2 heterocycles. The fourth-order valence-corrected chi connectivity index (χ4v) is 1.98. The van der Waals surface area contributed by atoms with Gasteiger partial charge in [-0.2, -0.15) is 0 Å². The van der Waals surface area contributed by atoms with E-state index in [4.69, 9.17) is 15.2 Å². The minimum Gasteiger partial charge on any atom is -0.467 e. The molecule has 0 aliphatic carbocycles. The number of rotatable bonds is 3. The Morgan fingerprint density at radius 1 is 1.58 bits per heavy atom. The number of esters is 1. The van der Waals surface area contributed by atoms with Crippen LogP contribution in [0.2, 0.25) is 0 Å². The van der Waals surface area contributed by atoms with Crippen molar-refractivity contribution in [1.82, 2.24) is 4.98 Å². The number of carbonyl (C=O) groups is 2. The van der Waals surface area contributed by atoms with Crippen molar-refractivity contribution >= 4 is 17.6 Å². The van der Waals surface area contributed by atoms with Gasteiger partial charge in [-0.05, 0) is 12.1 Å². The molecule has 1 atom stereocenters. The SMILES string of the molecule is COC(=O)C1COCCN1c1ccnc(C(N)=O)c1. The van der Waals surface area contributed by atoms with Gasteiger partial charge in [0.1, 0.15) is 5.69 Å². The third-order valence-corrected chi connectivity index (χ3v) is 2.93. The van der Waals surface area contributed by atoms with Crippen LogP contribution in [0.3, 0.4) is 0 Å². The van der Waals surface area contributed by atoms with Crippen molar-refractivity contribution in [1.29, 1.82) is 0 Å². The van der Waals surface area contributed by atoms with Crippen molar-refractivity contribution in [2.24, 2.45) is 5.73 Å². The number of methoxy groups -OCH3 is 1. The molecule has 1 saturated heterocycles. The Labute approximate surface area is 110 Å². The van der Waals surface area contributed by atoms with Gasteiger partial charge >= 0.3 is 5.97 Å². The number of nitrogens with zero attached hydrogens (tertiary/aromatic N) is 2. The molecule has 1 unspecified atom stereocenters. The third-order valence-electron chi connectivity index (χ3n) is 2.93. The van der Waals surface area contributed by atoms with Crippen molar-refractivity contribution in [3.63, 3.8) is 0 Å². The van der Waals surface area contributed by atoms with Gasteiger partial charge in [0, 0.05) is 18.4 Å². The Bertz CT molecular complexity index is 492. The molecule has 0 spiro atoms. The second-order valence-corrected chi connectivity index (χ2v) is 4.07. The fourth-order valence-electron chi connectivity index (χ4n) is 1.98. The molecule has 0 aromatic carbocycles. The molecule has 1 aliphatic rings. The highest BCUT2D eigenvalue weighted by Gasteiger charge is 2.30. The summed E-state index contributed by atoms with van der Waals surface area (Å²) in [7, 11) is 1.33. The van der Waals surface area contributed by atoms with Crippen LogP contribution in [-0.4, -0.2) is 49.8 Å². The first-order valence-corrected chi connectivity index (χ1v) is 5.81. The highest BCUT2D eigenvalue weighted by molar-refractivity contribution is 5.92. The van der Waals surface area contributed by atoms with Crippen LogP contribution in [0, 0.1) is 0 Å². The third kappa shape index (κ3) is 2.82. The molecular formula is C12H15N3O4. The maximum Gasteiger partial charge on any atom is 0.330 e. The molecule has 1 amide bonds. The Hall–Kier alpha value is -2.15. The predicted molar refractivity (Wildman–Crippen MR) is 66.7 cm³/mol. The maximum atomic E-state index is 11.7. The maximum absolute atomic E-state index is 11.7. The van der Waals surface area contributed by atoms with Gasteiger partial charge in [-0.1, -0.05) is 0 Å². The molecule has 7 nitrogen and oxygen atoms in total. The molecule has 7 heteroatoms. The van der Waals surface area contributed by atoms with Crippen molar-refractivity contribution in [2.45, 2.75) is 6.04 Å². The highest BCUT2D eigenvalue weighted by atomic mass is 16.5. The number of amides is 1. The standard InChI is InChI=1S/C12H15N3O4/c1-18-12(17)10-7-19-5-4-15(10)8-2-3-14-9(6-8)11(13)16/h2-3,6,10H,4-5,7H2,1H3,(H2,13,16). The summed E-state index contributed by atoms with van der Waals surface area (Å²) in [6, 6.07) is 2.75. The van der Waals surface area contributed by atoms with E-state index in [0.29, 0.717) is 18.8 Å². The van der Waals surface area contributed by atoms with E-state index in [-0.39, 0.29) is 18.3 Å². The van der Waals surface area contributed by atoms with Crippen molar-refractivity contribution in [3.8, 4) is 0 Å². The molecule has 1 aliphatic heterocycles. The summed E-state index contributed by atoms with van der Waals surface area (Å²) < 4.78 is 10.0. The zero-order valence-corrected chi connectivity index (χ0v) is 10.5. The number of nitrogens with two attached hydrogens (primary N) is 1. The summed E-state index contributed by atoms with van der Waals surface area (Å²) in [5.41, 5.74) is 6.05. The Morgan fingerprint density at radius 3 is 3.05 bits per heavy atom. The van der Waals surface area contributed by atoms with E-state index in [2.05, 4.69) is 4.98 Å². The van der Waals surface area contributed by atoms with E-state index in [1.54, 1.807) is 12.1 Å². The minimum atomic E-state index is -0.607. The number of hydrogen-bond donors (Lipinski definition) is 1. The van der Waals surface area contributed by atoms with Crippen LogP contribution < -0.4 is 10.6 Å². The molecule has 0 radical (unpaired) electrons. The van der Waals surface area contributed by atoms with Crippen LogP contribution in [0.1, 0.15) is 10.5 Å². The number of pyridine rings is 1. The topological polar surface area (TPSA) is 94.8 Å². The summed E-state index contributed by atoms with van der Waals surface area (Å²) >= 11 is 0. The first-order chi connectivity index (χ1) is 9.13. The number of ether oxygens (including phenoxy) is 2. The minimum absolute atomic E-state index is 0.160. The van der Waals surface area contributed by atoms with Crippen LogP contribution in [0.5, 0.6) is 0 Å². The molecular weight excluding hydrogens is 250 g/mol. The predicted octanol–water partition coefficient (Wildman–Crippen LogP) is -0.441. The van der Waals surface area contributed by atoms with Crippen molar-refractivity contribution in [3.05, 3.63) is 24.0 Å². The van der Waals surface area contributed by atoms with E-state index in [1.807, 2.05) is 4.90 Å². The zero-order valence-electron chi connectivity index (χ0n) is 10.5. The molecule has 0 saturated carbocycles. The lowest BCUT2D eigenvalue weighted by molar-refractivity contribution is -0.144. The average molecular weight is 265 g/mol. The number of carbonyl (C=O) groups excluding carboxylic acids is 2. The van der Waals surface area contributed by atoms with Crippen molar-refractivity contribution in [2.75, 3.05) is 31.8 Å². The molecule has 0 bridgehead atoms. The lowest BCUT2D eigenvalue weighted by atomic mass is 10.2. The lowest BCUT2D eigenvalue weighted by Crippen LogP contribution is -2.50. The summed E-state index contributed by atoms with van der Waals surface area (Å²) in [5.74, 6) is -0.984. The first kappa shape index (κ1) is 13.3. The van der Waals surface area contributed by atoms with E-state index >= 15 is 0 Å². The largest absolute Gasteiger partial charge is 0.467 e. The van der Waals surface area contributed by atoms with E-state index in [0.717, 1.165) is 0 Å². The molecule has 2 rings (SSSR count). The van der Waals surface area contributed by atoms with E-state index in [9.17, 15) is 9.59 Å². The first-order valence-electron chi connectivity index (χ1n) is 5.81. The number of morpholine rings is 1. The normalized spacial score (nSPS) is 19.0. The summed E-state index contributed by atoms with van der Waals surface area (Å²) in [6.07, 6.45) is 1.49. The molecule has 102 valence electrons. The second kappa shape index (κ2) is 5.66. The summed E-state index contributed by atoms with van der Waals surface area (Å²) in [4.78, 5) is 28.5. The average Bonchev–Trinajstić information content (AvgIpc) is 2.46. The van der Waals surface area contributed by atoms with Gasteiger partial charge in [0.2, 0.25) is 0 Å². The molecule has 2 N–H and O–H groups in total. The van der Waals surface area contributed by atoms with Gasteiger partial charge < -0.3 is 20.1 Å². The molecule has 1 aromatic rings. The Morgan fingerprint density at radius 2 is 2.37 bits per heavy atom. The van der Waals surface area contributed by atoms with Crippen LogP contribution in [-0.2, 0) is 14.3 Å². The van der Waals surface area contributed by atoms with Gasteiger partial charge in [-0.3, -0.25) is 9.78 Å². The van der Waals surface area contributed by atoms with Crippen LogP contribution in [0.15, 0.2) is 18.3 Å². The highest BCUT2D eigenvalue weighted by Crippen LogP contribution is 2.20. The monoisotopic (exact) mass is 265 g/mol. The van der Waals surface area contributed by atoms with E-state index in [1.165, 1.54) is 13.3 Å². The zero-order chi connectivity index (χ0) is 13.8. The van der Waals surface area contributed by atoms with Crippen molar-refractivity contribution < 1.29 is 19.1 Å². The van der Waals surface area contributed by atoms with E-state index < -0.39 is 11.9 Å². The fraction of sp³-hybridized carbons (Fsp3) is 0.417.